The molecule has 0 spiro atoms. The topological polar surface area (TPSA) is 21.3 Å². The van der Waals surface area contributed by atoms with Gasteiger partial charge in [0.25, 0.3) is 0 Å². The van der Waals surface area contributed by atoms with Gasteiger partial charge in [0.2, 0.25) is 0 Å². The van der Waals surface area contributed by atoms with Gasteiger partial charge in [-0.3, -0.25) is 0 Å². The molecule has 0 bridgehead atoms. The highest BCUT2D eigenvalue weighted by Crippen LogP contribution is 2.40. The summed E-state index contributed by atoms with van der Waals surface area (Å²) in [6.45, 7) is 4.31. The number of halogens is 1. The molecule has 2 nitrogen and oxygen atoms in total. The van der Waals surface area contributed by atoms with E-state index in [1.54, 1.807) is 12.1 Å². The number of methoxy groups -OCH3 is 1. The molecule has 1 N–H and O–H groups in total. The summed E-state index contributed by atoms with van der Waals surface area (Å²) in [5, 5.41) is 3.56. The fraction of sp³-hybridized carbons (Fsp3) is 0.647. The van der Waals surface area contributed by atoms with Crippen molar-refractivity contribution in [3.63, 3.8) is 0 Å². The number of hydrogen-bond donors (Lipinski definition) is 1. The molecule has 0 aliphatic heterocycles. The molecule has 0 aromatic heterocycles. The van der Waals surface area contributed by atoms with Crippen molar-refractivity contribution in [2.75, 3.05) is 20.2 Å². The highest BCUT2D eigenvalue weighted by molar-refractivity contribution is 5.30. The van der Waals surface area contributed by atoms with Crippen LogP contribution in [0.25, 0.3) is 0 Å². The van der Waals surface area contributed by atoms with Gasteiger partial charge in [0.15, 0.2) is 11.6 Å². The predicted molar refractivity (Wildman–Crippen MR) is 80.7 cm³/mol. The van der Waals surface area contributed by atoms with Gasteiger partial charge in [0.05, 0.1) is 7.11 Å². The summed E-state index contributed by atoms with van der Waals surface area (Å²) in [4.78, 5) is 0. The molecule has 1 aromatic carbocycles. The fourth-order valence-electron chi connectivity index (χ4n) is 3.32. The largest absolute Gasteiger partial charge is 0.494 e. The molecule has 20 heavy (non-hydrogen) atoms. The van der Waals surface area contributed by atoms with Crippen molar-refractivity contribution < 1.29 is 9.13 Å². The van der Waals surface area contributed by atoms with E-state index in [9.17, 15) is 4.39 Å². The maximum atomic E-state index is 13.8. The molecular formula is C17H26FNO. The van der Waals surface area contributed by atoms with Gasteiger partial charge in [0, 0.05) is 6.54 Å². The van der Waals surface area contributed by atoms with Crippen molar-refractivity contribution in [1.82, 2.24) is 5.32 Å². The average molecular weight is 279 g/mol. The van der Waals surface area contributed by atoms with Crippen LogP contribution >= 0.6 is 0 Å². The molecular weight excluding hydrogens is 253 g/mol. The first kappa shape index (κ1) is 15.3. The van der Waals surface area contributed by atoms with E-state index >= 15 is 0 Å². The number of nitrogens with one attached hydrogen (secondary N) is 1. The lowest BCUT2D eigenvalue weighted by Gasteiger charge is -2.29. The average Bonchev–Trinajstić information content (AvgIpc) is 2.88. The number of rotatable bonds is 7. The molecule has 0 atom stereocenters. The van der Waals surface area contributed by atoms with E-state index in [1.807, 2.05) is 6.07 Å². The maximum absolute atomic E-state index is 13.8. The summed E-state index contributed by atoms with van der Waals surface area (Å²) < 4.78 is 18.8. The van der Waals surface area contributed by atoms with Crippen LogP contribution in [0.5, 0.6) is 5.75 Å². The number of ether oxygens (including phenoxy) is 1. The quantitative estimate of drug-likeness (QED) is 0.763. The zero-order valence-electron chi connectivity index (χ0n) is 12.7. The van der Waals surface area contributed by atoms with Gasteiger partial charge < -0.3 is 10.1 Å². The van der Waals surface area contributed by atoms with E-state index in [4.69, 9.17) is 4.74 Å². The zero-order valence-corrected chi connectivity index (χ0v) is 12.7. The van der Waals surface area contributed by atoms with E-state index in [0.29, 0.717) is 11.2 Å². The van der Waals surface area contributed by atoms with Crippen LogP contribution in [-0.4, -0.2) is 20.2 Å². The van der Waals surface area contributed by atoms with Crippen LogP contribution in [0.15, 0.2) is 18.2 Å². The van der Waals surface area contributed by atoms with Crippen molar-refractivity contribution in [3.8, 4) is 5.75 Å². The number of benzene rings is 1. The molecule has 0 saturated heterocycles. The first-order valence-electron chi connectivity index (χ1n) is 7.72. The Labute approximate surface area is 121 Å². The minimum atomic E-state index is -0.250. The molecule has 0 unspecified atom stereocenters. The van der Waals surface area contributed by atoms with Crippen molar-refractivity contribution in [1.29, 1.82) is 0 Å². The second-order valence-corrected chi connectivity index (χ2v) is 6.03. The first-order valence-corrected chi connectivity index (χ1v) is 7.72. The lowest BCUT2D eigenvalue weighted by molar-refractivity contribution is 0.277. The van der Waals surface area contributed by atoms with Crippen LogP contribution in [0, 0.1) is 11.2 Å². The molecule has 1 saturated carbocycles. The molecule has 1 aliphatic carbocycles. The van der Waals surface area contributed by atoms with Crippen LogP contribution in [0.4, 0.5) is 4.39 Å². The van der Waals surface area contributed by atoms with E-state index in [-0.39, 0.29) is 5.82 Å². The summed E-state index contributed by atoms with van der Waals surface area (Å²) in [6, 6.07) is 5.38. The molecule has 2 rings (SSSR count). The van der Waals surface area contributed by atoms with Crippen molar-refractivity contribution >= 4 is 0 Å². The second-order valence-electron chi connectivity index (χ2n) is 6.03. The highest BCUT2D eigenvalue weighted by Gasteiger charge is 2.33. The Morgan fingerprint density at radius 2 is 2.05 bits per heavy atom. The summed E-state index contributed by atoms with van der Waals surface area (Å²) in [7, 11) is 1.51. The van der Waals surface area contributed by atoms with Gasteiger partial charge >= 0.3 is 0 Å². The Bertz CT molecular complexity index is 427. The second kappa shape index (κ2) is 7.07. The highest BCUT2D eigenvalue weighted by atomic mass is 19.1. The minimum absolute atomic E-state index is 0.250. The normalized spacial score (nSPS) is 17.4. The molecule has 1 fully saturated rings. The summed E-state index contributed by atoms with van der Waals surface area (Å²) in [6.07, 6.45) is 7.21. The van der Waals surface area contributed by atoms with Crippen LogP contribution in [0.1, 0.15) is 44.6 Å². The third-order valence-electron chi connectivity index (χ3n) is 4.39. The summed E-state index contributed by atoms with van der Waals surface area (Å²) in [5.74, 6) is 0.0815. The van der Waals surface area contributed by atoms with Crippen LogP contribution in [-0.2, 0) is 6.42 Å². The van der Waals surface area contributed by atoms with E-state index in [2.05, 4.69) is 12.2 Å². The van der Waals surface area contributed by atoms with Gasteiger partial charge in [-0.15, -0.1) is 0 Å². The van der Waals surface area contributed by atoms with E-state index < -0.39 is 0 Å². The third kappa shape index (κ3) is 3.72. The Morgan fingerprint density at radius 3 is 2.65 bits per heavy atom. The summed E-state index contributed by atoms with van der Waals surface area (Å²) in [5.41, 5.74) is 1.40. The molecule has 1 aliphatic rings. The van der Waals surface area contributed by atoms with Gasteiger partial charge in [-0.05, 0) is 55.3 Å². The monoisotopic (exact) mass is 279 g/mol. The molecule has 0 heterocycles. The summed E-state index contributed by atoms with van der Waals surface area (Å²) >= 11 is 0. The van der Waals surface area contributed by atoms with E-state index in [0.717, 1.165) is 31.5 Å². The third-order valence-corrected chi connectivity index (χ3v) is 4.39. The van der Waals surface area contributed by atoms with Crippen LogP contribution in [0.3, 0.4) is 0 Å². The van der Waals surface area contributed by atoms with Crippen molar-refractivity contribution in [3.05, 3.63) is 29.6 Å². The minimum Gasteiger partial charge on any atom is -0.494 e. The lowest BCUT2D eigenvalue weighted by atomic mass is 9.80. The maximum Gasteiger partial charge on any atom is 0.165 e. The Kier molecular flexibility index (Phi) is 5.41. The van der Waals surface area contributed by atoms with Gasteiger partial charge in [-0.2, -0.15) is 0 Å². The standard InChI is InChI=1S/C17H26FNO/c1-3-10-19-13-17(8-4-5-9-17)12-14-6-7-16(20-2)15(18)11-14/h6-7,11,19H,3-5,8-10,12-13H2,1-2H3. The van der Waals surface area contributed by atoms with E-state index in [1.165, 1.54) is 32.8 Å². The Hall–Kier alpha value is -1.09. The fourth-order valence-corrected chi connectivity index (χ4v) is 3.32. The van der Waals surface area contributed by atoms with Gasteiger partial charge in [-0.1, -0.05) is 25.8 Å². The lowest BCUT2D eigenvalue weighted by Crippen LogP contribution is -2.34. The molecule has 3 heteroatoms. The van der Waals surface area contributed by atoms with Crippen molar-refractivity contribution in [2.24, 2.45) is 5.41 Å². The van der Waals surface area contributed by atoms with Crippen LogP contribution in [0.2, 0.25) is 0 Å². The Morgan fingerprint density at radius 1 is 1.30 bits per heavy atom. The van der Waals surface area contributed by atoms with Crippen molar-refractivity contribution in [2.45, 2.75) is 45.4 Å². The Balaban J connectivity index is 2.05. The predicted octanol–water partition coefficient (Wildman–Crippen LogP) is 3.94. The number of hydrogen-bond acceptors (Lipinski definition) is 2. The van der Waals surface area contributed by atoms with Gasteiger partial charge in [-0.25, -0.2) is 4.39 Å². The molecule has 0 amide bonds. The zero-order chi connectivity index (χ0) is 14.4. The molecule has 0 radical (unpaired) electrons. The van der Waals surface area contributed by atoms with Crippen LogP contribution < -0.4 is 10.1 Å². The molecule has 1 aromatic rings. The SMILES string of the molecule is CCCNCC1(Cc2ccc(OC)c(F)c2)CCCC1. The first-order chi connectivity index (χ1) is 9.69. The van der Waals surface area contributed by atoms with Gasteiger partial charge in [0.1, 0.15) is 0 Å². The molecule has 112 valence electrons. The smallest absolute Gasteiger partial charge is 0.165 e.